The van der Waals surface area contributed by atoms with Crippen LogP contribution in [0.15, 0.2) is 18.2 Å². The van der Waals surface area contributed by atoms with Crippen LogP contribution in [0, 0.1) is 19.3 Å². The molecule has 0 saturated carbocycles. The first-order chi connectivity index (χ1) is 8.52. The average molecular weight is 246 g/mol. The van der Waals surface area contributed by atoms with Crippen molar-refractivity contribution in [3.8, 4) is 0 Å². The van der Waals surface area contributed by atoms with Crippen LogP contribution in [0.2, 0.25) is 0 Å². The monoisotopic (exact) mass is 246 g/mol. The van der Waals surface area contributed by atoms with Crippen molar-refractivity contribution in [1.82, 2.24) is 10.2 Å². The summed E-state index contributed by atoms with van der Waals surface area (Å²) >= 11 is 0. The maximum atomic E-state index is 3.32. The normalized spacial score (nSPS) is 24.7. The van der Waals surface area contributed by atoms with Crippen molar-refractivity contribution < 1.29 is 0 Å². The maximum absolute atomic E-state index is 3.32. The third kappa shape index (κ3) is 3.12. The Bertz CT molecular complexity index is 414. The van der Waals surface area contributed by atoms with Crippen LogP contribution in [0.5, 0.6) is 0 Å². The molecule has 0 bridgehead atoms. The predicted octanol–water partition coefficient (Wildman–Crippen LogP) is 2.73. The Kier molecular flexibility index (Phi) is 4.08. The van der Waals surface area contributed by atoms with Crippen molar-refractivity contribution in [3.63, 3.8) is 0 Å². The summed E-state index contributed by atoms with van der Waals surface area (Å²) in [7, 11) is 2.05. The zero-order chi connectivity index (χ0) is 13.2. The van der Waals surface area contributed by atoms with Gasteiger partial charge in [0.25, 0.3) is 0 Å². The van der Waals surface area contributed by atoms with E-state index < -0.39 is 0 Å². The summed E-state index contributed by atoms with van der Waals surface area (Å²) in [5, 5.41) is 3.32. The Balaban J connectivity index is 1.97. The Hall–Kier alpha value is -0.860. The average Bonchev–Trinajstić information content (AvgIpc) is 2.66. The van der Waals surface area contributed by atoms with Gasteiger partial charge in [-0.25, -0.2) is 0 Å². The highest BCUT2D eigenvalue weighted by atomic mass is 15.2. The van der Waals surface area contributed by atoms with E-state index in [1.54, 1.807) is 0 Å². The molecule has 2 rings (SSSR count). The minimum absolute atomic E-state index is 0.453. The second-order valence-electron chi connectivity index (χ2n) is 6.22. The lowest BCUT2D eigenvalue weighted by atomic mass is 9.90. The lowest BCUT2D eigenvalue weighted by Gasteiger charge is -2.24. The summed E-state index contributed by atoms with van der Waals surface area (Å²) in [6, 6.07) is 6.85. The van der Waals surface area contributed by atoms with Gasteiger partial charge in [-0.05, 0) is 56.0 Å². The first kappa shape index (κ1) is 13.6. The minimum Gasteiger partial charge on any atom is -0.319 e. The van der Waals surface area contributed by atoms with Gasteiger partial charge >= 0.3 is 0 Å². The van der Waals surface area contributed by atoms with E-state index in [2.05, 4.69) is 56.2 Å². The number of hydrogen-bond acceptors (Lipinski definition) is 2. The number of nitrogens with one attached hydrogen (secondary N) is 1. The quantitative estimate of drug-likeness (QED) is 0.879. The first-order valence-corrected chi connectivity index (χ1v) is 6.95. The number of likely N-dealkylation sites (tertiary alicyclic amines) is 1. The van der Waals surface area contributed by atoms with Crippen LogP contribution in [-0.4, -0.2) is 31.6 Å². The molecule has 1 aliphatic rings. The fourth-order valence-corrected chi connectivity index (χ4v) is 2.99. The van der Waals surface area contributed by atoms with Crippen LogP contribution in [0.4, 0.5) is 0 Å². The van der Waals surface area contributed by atoms with Crippen LogP contribution < -0.4 is 5.32 Å². The van der Waals surface area contributed by atoms with Crippen molar-refractivity contribution in [3.05, 3.63) is 34.9 Å². The highest BCUT2D eigenvalue weighted by Gasteiger charge is 2.32. The molecule has 0 aliphatic carbocycles. The van der Waals surface area contributed by atoms with E-state index in [0.717, 1.165) is 13.1 Å². The lowest BCUT2D eigenvalue weighted by molar-refractivity contribution is 0.265. The topological polar surface area (TPSA) is 15.3 Å². The number of aryl methyl sites for hydroxylation is 2. The molecule has 100 valence electrons. The molecule has 1 saturated heterocycles. The van der Waals surface area contributed by atoms with Crippen molar-refractivity contribution >= 4 is 0 Å². The molecule has 0 amide bonds. The number of hydrogen-bond donors (Lipinski definition) is 1. The molecule has 2 nitrogen and oxygen atoms in total. The maximum Gasteiger partial charge on any atom is 0.0234 e. The van der Waals surface area contributed by atoms with Crippen molar-refractivity contribution in [2.24, 2.45) is 5.41 Å². The second-order valence-corrected chi connectivity index (χ2v) is 6.22. The molecule has 1 aliphatic heterocycles. The molecular formula is C16H26N2. The SMILES string of the molecule is CNCC1(C)CCN(Cc2ccc(C)c(C)c2)C1. The molecule has 1 N–H and O–H groups in total. The van der Waals surface area contributed by atoms with Gasteiger partial charge in [0.05, 0.1) is 0 Å². The standard InChI is InChI=1S/C16H26N2/c1-13-5-6-15(9-14(13)2)10-18-8-7-16(3,12-18)11-17-4/h5-6,9,17H,7-8,10-12H2,1-4H3. The number of benzene rings is 1. The molecule has 1 aromatic carbocycles. The third-order valence-electron chi connectivity index (χ3n) is 4.22. The largest absolute Gasteiger partial charge is 0.319 e. The van der Waals surface area contributed by atoms with Gasteiger partial charge in [0.2, 0.25) is 0 Å². The van der Waals surface area contributed by atoms with E-state index in [1.165, 1.54) is 36.2 Å². The van der Waals surface area contributed by atoms with Gasteiger partial charge in [-0.3, -0.25) is 4.90 Å². The Morgan fingerprint density at radius 2 is 2.06 bits per heavy atom. The van der Waals surface area contributed by atoms with E-state index >= 15 is 0 Å². The highest BCUT2D eigenvalue weighted by molar-refractivity contribution is 5.29. The van der Waals surface area contributed by atoms with E-state index in [4.69, 9.17) is 0 Å². The zero-order valence-electron chi connectivity index (χ0n) is 12.2. The van der Waals surface area contributed by atoms with E-state index in [9.17, 15) is 0 Å². The van der Waals surface area contributed by atoms with Crippen LogP contribution in [-0.2, 0) is 6.54 Å². The smallest absolute Gasteiger partial charge is 0.0234 e. The van der Waals surface area contributed by atoms with E-state index in [-0.39, 0.29) is 0 Å². The van der Waals surface area contributed by atoms with Gasteiger partial charge in [0, 0.05) is 19.6 Å². The Labute approximate surface area is 111 Å². The van der Waals surface area contributed by atoms with Crippen LogP contribution >= 0.6 is 0 Å². The summed E-state index contributed by atoms with van der Waals surface area (Å²) in [6.45, 7) is 11.4. The number of rotatable bonds is 4. The molecule has 18 heavy (non-hydrogen) atoms. The van der Waals surface area contributed by atoms with E-state index in [1.807, 2.05) is 0 Å². The van der Waals surface area contributed by atoms with E-state index in [0.29, 0.717) is 5.41 Å². The summed E-state index contributed by atoms with van der Waals surface area (Å²) in [5.74, 6) is 0. The number of nitrogens with zero attached hydrogens (tertiary/aromatic N) is 1. The van der Waals surface area contributed by atoms with Gasteiger partial charge in [0.15, 0.2) is 0 Å². The van der Waals surface area contributed by atoms with Crippen molar-refractivity contribution in [1.29, 1.82) is 0 Å². The molecule has 1 unspecified atom stereocenters. The molecule has 1 fully saturated rings. The molecule has 0 spiro atoms. The highest BCUT2D eigenvalue weighted by Crippen LogP contribution is 2.30. The van der Waals surface area contributed by atoms with Gasteiger partial charge in [-0.2, -0.15) is 0 Å². The van der Waals surface area contributed by atoms with Crippen molar-refractivity contribution in [2.45, 2.75) is 33.7 Å². The minimum atomic E-state index is 0.453. The lowest BCUT2D eigenvalue weighted by Crippen LogP contribution is -2.32. The Morgan fingerprint density at radius 3 is 2.72 bits per heavy atom. The van der Waals surface area contributed by atoms with Crippen LogP contribution in [0.3, 0.4) is 0 Å². The van der Waals surface area contributed by atoms with Gasteiger partial charge in [0.1, 0.15) is 0 Å². The summed E-state index contributed by atoms with van der Waals surface area (Å²) < 4.78 is 0. The fraction of sp³-hybridized carbons (Fsp3) is 0.625. The second kappa shape index (κ2) is 5.41. The first-order valence-electron chi connectivity index (χ1n) is 6.95. The molecule has 1 heterocycles. The van der Waals surface area contributed by atoms with Gasteiger partial charge in [-0.15, -0.1) is 0 Å². The third-order valence-corrected chi connectivity index (χ3v) is 4.22. The van der Waals surface area contributed by atoms with Crippen LogP contribution in [0.25, 0.3) is 0 Å². The summed E-state index contributed by atoms with van der Waals surface area (Å²) in [6.07, 6.45) is 1.30. The molecule has 2 heteroatoms. The van der Waals surface area contributed by atoms with Gasteiger partial charge < -0.3 is 5.32 Å². The van der Waals surface area contributed by atoms with Crippen LogP contribution in [0.1, 0.15) is 30.0 Å². The summed E-state index contributed by atoms with van der Waals surface area (Å²) in [5.41, 5.74) is 4.70. The molecular weight excluding hydrogens is 220 g/mol. The van der Waals surface area contributed by atoms with Crippen molar-refractivity contribution in [2.75, 3.05) is 26.7 Å². The summed E-state index contributed by atoms with van der Waals surface area (Å²) in [4.78, 5) is 2.58. The molecule has 0 aromatic heterocycles. The molecule has 0 radical (unpaired) electrons. The zero-order valence-corrected chi connectivity index (χ0v) is 12.2. The van der Waals surface area contributed by atoms with Gasteiger partial charge in [-0.1, -0.05) is 25.1 Å². The molecule has 1 aromatic rings. The molecule has 1 atom stereocenters. The fourth-order valence-electron chi connectivity index (χ4n) is 2.99. The predicted molar refractivity (Wildman–Crippen MR) is 77.8 cm³/mol. The Morgan fingerprint density at radius 1 is 1.28 bits per heavy atom.